The number of β-amino-alcohol motifs (C(OH)–C–C–N with tert-alkyl or cyclic N) is 1. The topological polar surface area (TPSA) is 44.3 Å². The van der Waals surface area contributed by atoms with E-state index in [2.05, 4.69) is 38.3 Å². The highest BCUT2D eigenvalue weighted by atomic mass is 16.3. The first-order valence-corrected chi connectivity index (χ1v) is 4.57. The number of aliphatic hydroxyl groups excluding tert-OH is 1. The summed E-state index contributed by atoms with van der Waals surface area (Å²) in [5.41, 5.74) is 0.0625. The van der Waals surface area contributed by atoms with Crippen molar-refractivity contribution in [3.63, 3.8) is 0 Å². The molecular weight excluding hydrogens is 152 g/mol. The summed E-state index contributed by atoms with van der Waals surface area (Å²) in [6.07, 6.45) is 0. The van der Waals surface area contributed by atoms with Gasteiger partial charge < -0.3 is 15.7 Å². The normalized spacial score (nSPS) is 12.5. The van der Waals surface area contributed by atoms with Gasteiger partial charge in [-0.2, -0.15) is 0 Å². The molecule has 12 heavy (non-hydrogen) atoms. The molecule has 0 amide bonds. The second kappa shape index (κ2) is 5.51. The predicted molar refractivity (Wildman–Crippen MR) is 52.3 cm³/mol. The summed E-state index contributed by atoms with van der Waals surface area (Å²) >= 11 is 0. The van der Waals surface area contributed by atoms with Crippen LogP contribution in [-0.2, 0) is 0 Å². The van der Waals surface area contributed by atoms with Crippen LogP contribution in [0.3, 0.4) is 0 Å². The van der Waals surface area contributed by atoms with Crippen LogP contribution in [-0.4, -0.2) is 36.4 Å². The predicted octanol–water partition coefficient (Wildman–Crippen LogP) is 0.345. The highest BCUT2D eigenvalue weighted by molar-refractivity contribution is 4.80. The lowest BCUT2D eigenvalue weighted by molar-refractivity contribution is 0.261. The lowest BCUT2D eigenvalue weighted by Crippen LogP contribution is -2.49. The molecule has 0 spiro atoms. The summed E-state index contributed by atoms with van der Waals surface area (Å²) in [5, 5.41) is 15.2. The van der Waals surface area contributed by atoms with Gasteiger partial charge >= 0.3 is 0 Å². The van der Waals surface area contributed by atoms with Gasteiger partial charge in [-0.25, -0.2) is 0 Å². The molecule has 0 aromatic carbocycles. The number of aliphatic hydroxyl groups is 1. The van der Waals surface area contributed by atoms with Crippen LogP contribution in [0.4, 0.5) is 0 Å². The highest BCUT2D eigenvalue weighted by Gasteiger charge is 2.15. The molecule has 3 heteroatoms. The van der Waals surface area contributed by atoms with Gasteiger partial charge in [-0.05, 0) is 13.8 Å². The van der Waals surface area contributed by atoms with Crippen LogP contribution in [0.5, 0.6) is 0 Å². The Labute approximate surface area is 75.6 Å². The molecule has 0 saturated carbocycles. The molecular formula is C9H22N2O. The summed E-state index contributed by atoms with van der Waals surface area (Å²) in [4.78, 5) is 0. The number of hydrogen-bond donors (Lipinski definition) is 3. The lowest BCUT2D eigenvalue weighted by atomic mass is 10.1. The maximum absolute atomic E-state index is 8.62. The molecule has 3 N–H and O–H groups in total. The van der Waals surface area contributed by atoms with E-state index in [1.165, 1.54) is 0 Å². The second-order valence-corrected chi connectivity index (χ2v) is 4.07. The zero-order valence-corrected chi connectivity index (χ0v) is 8.65. The van der Waals surface area contributed by atoms with Gasteiger partial charge in [-0.1, -0.05) is 13.8 Å². The van der Waals surface area contributed by atoms with Gasteiger partial charge in [-0.15, -0.1) is 0 Å². The fourth-order valence-corrected chi connectivity index (χ4v) is 0.916. The Bertz CT molecular complexity index is 113. The standard InChI is InChI=1S/C9H22N2O/c1-8(2)10-7-9(3,4)11-5-6-12/h8,10-12H,5-7H2,1-4H3. The molecule has 0 atom stereocenters. The van der Waals surface area contributed by atoms with Crippen LogP contribution in [0.25, 0.3) is 0 Å². The molecule has 0 saturated heterocycles. The average Bonchev–Trinajstić information content (AvgIpc) is 1.98. The lowest BCUT2D eigenvalue weighted by Gasteiger charge is -2.27. The Kier molecular flexibility index (Phi) is 5.46. The molecule has 0 rings (SSSR count). The molecule has 3 nitrogen and oxygen atoms in total. The molecule has 0 bridgehead atoms. The van der Waals surface area contributed by atoms with Gasteiger partial charge in [0.15, 0.2) is 0 Å². The number of nitrogens with one attached hydrogen (secondary N) is 2. The number of rotatable bonds is 6. The summed E-state index contributed by atoms with van der Waals surface area (Å²) in [6, 6.07) is 0.514. The average molecular weight is 174 g/mol. The summed E-state index contributed by atoms with van der Waals surface area (Å²) in [7, 11) is 0. The van der Waals surface area contributed by atoms with Crippen LogP contribution in [0.2, 0.25) is 0 Å². The van der Waals surface area contributed by atoms with Gasteiger partial charge in [-0.3, -0.25) is 0 Å². The minimum absolute atomic E-state index is 0.0625. The van der Waals surface area contributed by atoms with Crippen molar-refractivity contribution in [3.05, 3.63) is 0 Å². The van der Waals surface area contributed by atoms with Crippen molar-refractivity contribution in [1.82, 2.24) is 10.6 Å². The summed E-state index contributed by atoms with van der Waals surface area (Å²) in [6.45, 7) is 10.3. The van der Waals surface area contributed by atoms with E-state index >= 15 is 0 Å². The van der Waals surface area contributed by atoms with Crippen molar-refractivity contribution >= 4 is 0 Å². The molecule has 0 radical (unpaired) electrons. The van der Waals surface area contributed by atoms with E-state index in [1.54, 1.807) is 0 Å². The second-order valence-electron chi connectivity index (χ2n) is 4.07. The zero-order valence-electron chi connectivity index (χ0n) is 8.65. The van der Waals surface area contributed by atoms with Crippen molar-refractivity contribution in [2.24, 2.45) is 0 Å². The van der Waals surface area contributed by atoms with E-state index < -0.39 is 0 Å². The largest absolute Gasteiger partial charge is 0.395 e. The Morgan fingerprint density at radius 2 is 1.92 bits per heavy atom. The van der Waals surface area contributed by atoms with Gasteiger partial charge in [0.1, 0.15) is 0 Å². The van der Waals surface area contributed by atoms with Crippen molar-refractivity contribution in [1.29, 1.82) is 0 Å². The summed E-state index contributed by atoms with van der Waals surface area (Å²) < 4.78 is 0. The fraction of sp³-hybridized carbons (Fsp3) is 1.00. The molecule has 0 aromatic heterocycles. The highest BCUT2D eigenvalue weighted by Crippen LogP contribution is 1.99. The Morgan fingerprint density at radius 3 is 2.33 bits per heavy atom. The molecule has 0 fully saturated rings. The quantitative estimate of drug-likeness (QED) is 0.544. The van der Waals surface area contributed by atoms with E-state index in [1.807, 2.05) is 0 Å². The molecule has 0 aliphatic heterocycles. The van der Waals surface area contributed by atoms with Crippen LogP contribution < -0.4 is 10.6 Å². The Morgan fingerprint density at radius 1 is 1.33 bits per heavy atom. The van der Waals surface area contributed by atoms with Gasteiger partial charge in [0, 0.05) is 24.7 Å². The first-order chi connectivity index (χ1) is 5.48. The van der Waals surface area contributed by atoms with E-state index in [9.17, 15) is 0 Å². The van der Waals surface area contributed by atoms with E-state index in [0.29, 0.717) is 12.6 Å². The van der Waals surface area contributed by atoms with Crippen LogP contribution in [0, 0.1) is 0 Å². The van der Waals surface area contributed by atoms with Gasteiger partial charge in [0.2, 0.25) is 0 Å². The molecule has 0 heterocycles. The maximum Gasteiger partial charge on any atom is 0.0556 e. The van der Waals surface area contributed by atoms with E-state index in [0.717, 1.165) is 6.54 Å². The van der Waals surface area contributed by atoms with Crippen molar-refractivity contribution < 1.29 is 5.11 Å². The van der Waals surface area contributed by atoms with Crippen molar-refractivity contribution in [2.45, 2.75) is 39.3 Å². The van der Waals surface area contributed by atoms with Crippen molar-refractivity contribution in [3.8, 4) is 0 Å². The maximum atomic E-state index is 8.62. The SMILES string of the molecule is CC(C)NCC(C)(C)NCCO. The third-order valence-electron chi connectivity index (χ3n) is 1.67. The van der Waals surface area contributed by atoms with E-state index in [4.69, 9.17) is 5.11 Å². The monoisotopic (exact) mass is 174 g/mol. The molecule has 0 aliphatic carbocycles. The molecule has 74 valence electrons. The van der Waals surface area contributed by atoms with Crippen LogP contribution >= 0.6 is 0 Å². The van der Waals surface area contributed by atoms with Crippen LogP contribution in [0.15, 0.2) is 0 Å². The first kappa shape index (κ1) is 11.9. The van der Waals surface area contributed by atoms with Crippen LogP contribution in [0.1, 0.15) is 27.7 Å². The van der Waals surface area contributed by atoms with E-state index in [-0.39, 0.29) is 12.1 Å². The Hall–Kier alpha value is -0.120. The molecule has 0 aliphatic rings. The molecule has 0 unspecified atom stereocenters. The first-order valence-electron chi connectivity index (χ1n) is 4.57. The third kappa shape index (κ3) is 6.58. The minimum atomic E-state index is 0.0625. The fourth-order valence-electron chi connectivity index (χ4n) is 0.916. The van der Waals surface area contributed by atoms with Crippen molar-refractivity contribution in [2.75, 3.05) is 19.7 Å². The molecule has 0 aromatic rings. The Balaban J connectivity index is 3.56. The van der Waals surface area contributed by atoms with Gasteiger partial charge in [0.05, 0.1) is 6.61 Å². The third-order valence-corrected chi connectivity index (χ3v) is 1.67. The minimum Gasteiger partial charge on any atom is -0.395 e. The summed E-state index contributed by atoms with van der Waals surface area (Å²) in [5.74, 6) is 0. The van der Waals surface area contributed by atoms with Gasteiger partial charge in [0.25, 0.3) is 0 Å². The zero-order chi connectivity index (χ0) is 9.61. The number of hydrogen-bond acceptors (Lipinski definition) is 3. The smallest absolute Gasteiger partial charge is 0.0556 e.